The fourth-order valence-corrected chi connectivity index (χ4v) is 5.20. The molecule has 7 heteroatoms. The van der Waals surface area contributed by atoms with Gasteiger partial charge in [0.1, 0.15) is 6.10 Å². The molecule has 1 unspecified atom stereocenters. The molecule has 0 radical (unpaired) electrons. The van der Waals surface area contributed by atoms with E-state index in [-0.39, 0.29) is 6.04 Å². The van der Waals surface area contributed by atoms with Gasteiger partial charge in [0.2, 0.25) is 0 Å². The van der Waals surface area contributed by atoms with E-state index in [1.54, 1.807) is 11.3 Å². The van der Waals surface area contributed by atoms with Crippen molar-refractivity contribution in [3.05, 3.63) is 24.3 Å². The molecular weight excluding hydrogens is 350 g/mol. The summed E-state index contributed by atoms with van der Waals surface area (Å²) in [5, 5.41) is 31.1. The van der Waals surface area contributed by atoms with E-state index in [1.807, 2.05) is 19.1 Å². The molecule has 26 heavy (non-hydrogen) atoms. The Morgan fingerprint density at radius 1 is 1.15 bits per heavy atom. The van der Waals surface area contributed by atoms with Crippen LogP contribution in [0.1, 0.15) is 19.8 Å². The van der Waals surface area contributed by atoms with Crippen LogP contribution in [0.5, 0.6) is 0 Å². The predicted molar refractivity (Wildman–Crippen MR) is 104 cm³/mol. The molecule has 2 aromatic rings. The molecule has 0 amide bonds. The topological polar surface area (TPSA) is 80.1 Å². The fraction of sp³-hybridized carbons (Fsp3) is 0.632. The number of fused-ring (bicyclic) bond motifs is 1. The first-order valence-electron chi connectivity index (χ1n) is 9.41. The van der Waals surface area contributed by atoms with Crippen molar-refractivity contribution >= 4 is 26.7 Å². The minimum atomic E-state index is -1.05. The Morgan fingerprint density at radius 3 is 2.77 bits per heavy atom. The minimum Gasteiger partial charge on any atom is -0.389 e. The molecule has 1 aromatic carbocycles. The Balaban J connectivity index is 1.43. The van der Waals surface area contributed by atoms with Gasteiger partial charge < -0.3 is 20.2 Å². The Bertz CT molecular complexity index is 721. The van der Waals surface area contributed by atoms with E-state index in [0.29, 0.717) is 12.5 Å². The van der Waals surface area contributed by atoms with Crippen molar-refractivity contribution < 1.29 is 15.3 Å². The number of thiazole rings is 1. The molecule has 5 atom stereocenters. The number of aliphatic hydroxyl groups excluding tert-OH is 3. The number of piperidine rings is 2. The SMILES string of the molecule is C[C@@H]1[C@@H](O)[C@H](O)[C@@H](O)CN1CC1CCCN(c2nc3ccccc3s2)C1. The number of β-amino-alcohol motifs (C(OH)–C–C–N with tert-alkyl or cyclic N) is 1. The van der Waals surface area contributed by atoms with Gasteiger partial charge in [-0.1, -0.05) is 23.5 Å². The summed E-state index contributed by atoms with van der Waals surface area (Å²) < 4.78 is 1.22. The van der Waals surface area contributed by atoms with E-state index in [0.717, 1.165) is 43.1 Å². The van der Waals surface area contributed by atoms with E-state index in [4.69, 9.17) is 4.98 Å². The maximum atomic E-state index is 10.2. The first-order valence-corrected chi connectivity index (χ1v) is 10.2. The number of aromatic nitrogens is 1. The molecule has 2 saturated heterocycles. The number of anilines is 1. The second-order valence-electron chi connectivity index (χ2n) is 7.66. The second-order valence-corrected chi connectivity index (χ2v) is 8.67. The lowest BCUT2D eigenvalue weighted by Gasteiger charge is -2.44. The molecule has 6 nitrogen and oxygen atoms in total. The minimum absolute atomic E-state index is 0.147. The van der Waals surface area contributed by atoms with E-state index in [2.05, 4.69) is 21.9 Å². The Kier molecular flexibility index (Phi) is 5.16. The quantitative estimate of drug-likeness (QED) is 0.748. The summed E-state index contributed by atoms with van der Waals surface area (Å²) in [6.07, 6.45) is -0.574. The highest BCUT2D eigenvalue weighted by Gasteiger charge is 2.39. The molecule has 0 spiro atoms. The number of hydrogen-bond acceptors (Lipinski definition) is 7. The zero-order chi connectivity index (χ0) is 18.3. The third-order valence-corrected chi connectivity index (χ3v) is 6.90. The van der Waals surface area contributed by atoms with Crippen LogP contribution in [0.2, 0.25) is 0 Å². The summed E-state index contributed by atoms with van der Waals surface area (Å²) in [6, 6.07) is 8.09. The number of para-hydroxylation sites is 1. The molecule has 4 rings (SSSR count). The standard InChI is InChI=1S/C19H27N3O3S/c1-12-17(24)18(25)15(23)11-22(12)10-13-5-4-8-21(9-13)19-20-14-6-2-3-7-16(14)26-19/h2-3,6-7,12-13,15,17-18,23-25H,4-5,8-11H2,1H3/t12-,13?,15+,17-,18-/m1/s1. The maximum Gasteiger partial charge on any atom is 0.186 e. The number of nitrogens with zero attached hydrogens (tertiary/aromatic N) is 3. The molecule has 2 fully saturated rings. The first-order chi connectivity index (χ1) is 12.5. The van der Waals surface area contributed by atoms with Gasteiger partial charge in [-0.15, -0.1) is 0 Å². The van der Waals surface area contributed by atoms with E-state index >= 15 is 0 Å². The van der Waals surface area contributed by atoms with Crippen LogP contribution in [0, 0.1) is 5.92 Å². The largest absolute Gasteiger partial charge is 0.389 e. The molecule has 2 aliphatic heterocycles. The Morgan fingerprint density at radius 2 is 1.96 bits per heavy atom. The molecule has 0 aliphatic carbocycles. The lowest BCUT2D eigenvalue weighted by atomic mass is 9.91. The summed E-state index contributed by atoms with van der Waals surface area (Å²) in [6.45, 7) is 5.13. The molecule has 2 aliphatic rings. The molecule has 3 N–H and O–H groups in total. The number of aliphatic hydroxyl groups is 3. The van der Waals surface area contributed by atoms with Crippen LogP contribution in [0.25, 0.3) is 10.2 Å². The maximum absolute atomic E-state index is 10.2. The van der Waals surface area contributed by atoms with Crippen LogP contribution >= 0.6 is 11.3 Å². The van der Waals surface area contributed by atoms with Crippen molar-refractivity contribution in [2.24, 2.45) is 5.92 Å². The molecule has 3 heterocycles. The van der Waals surface area contributed by atoms with Gasteiger partial charge in [-0.05, 0) is 37.8 Å². The highest BCUT2D eigenvalue weighted by molar-refractivity contribution is 7.22. The summed E-state index contributed by atoms with van der Waals surface area (Å²) in [5.41, 5.74) is 1.06. The van der Waals surface area contributed by atoms with Gasteiger partial charge in [0.15, 0.2) is 5.13 Å². The van der Waals surface area contributed by atoms with E-state index in [1.165, 1.54) is 4.70 Å². The third-order valence-electron chi connectivity index (χ3n) is 5.80. The van der Waals surface area contributed by atoms with Gasteiger partial charge in [-0.3, -0.25) is 4.90 Å². The molecule has 142 valence electrons. The van der Waals surface area contributed by atoms with Crippen LogP contribution in [-0.2, 0) is 0 Å². The number of benzene rings is 1. The normalized spacial score (nSPS) is 33.7. The van der Waals surface area contributed by atoms with Crippen molar-refractivity contribution in [1.29, 1.82) is 0 Å². The van der Waals surface area contributed by atoms with Crippen molar-refractivity contribution in [3.63, 3.8) is 0 Å². The number of hydrogen-bond donors (Lipinski definition) is 3. The highest BCUT2D eigenvalue weighted by atomic mass is 32.1. The highest BCUT2D eigenvalue weighted by Crippen LogP contribution is 2.32. The van der Waals surface area contributed by atoms with Crippen molar-refractivity contribution in [2.75, 3.05) is 31.1 Å². The zero-order valence-electron chi connectivity index (χ0n) is 15.0. The van der Waals surface area contributed by atoms with Crippen LogP contribution in [0.3, 0.4) is 0 Å². The summed E-state index contributed by atoms with van der Waals surface area (Å²) in [4.78, 5) is 9.27. The van der Waals surface area contributed by atoms with E-state index < -0.39 is 18.3 Å². The van der Waals surface area contributed by atoms with Gasteiger partial charge in [0.05, 0.1) is 22.4 Å². The number of likely N-dealkylation sites (tertiary alicyclic amines) is 1. The van der Waals surface area contributed by atoms with Crippen LogP contribution in [0.4, 0.5) is 5.13 Å². The van der Waals surface area contributed by atoms with Gasteiger partial charge in [-0.25, -0.2) is 4.98 Å². The summed E-state index contributed by atoms with van der Waals surface area (Å²) in [7, 11) is 0. The first kappa shape index (κ1) is 18.1. The summed E-state index contributed by atoms with van der Waals surface area (Å²) in [5.74, 6) is 0.466. The van der Waals surface area contributed by atoms with Crippen molar-refractivity contribution in [1.82, 2.24) is 9.88 Å². The van der Waals surface area contributed by atoms with Crippen molar-refractivity contribution in [2.45, 2.75) is 44.1 Å². The van der Waals surface area contributed by atoms with Crippen LogP contribution in [0.15, 0.2) is 24.3 Å². The summed E-state index contributed by atoms with van der Waals surface area (Å²) >= 11 is 1.74. The lowest BCUT2D eigenvalue weighted by molar-refractivity contribution is -0.135. The second kappa shape index (κ2) is 7.40. The van der Waals surface area contributed by atoms with Crippen molar-refractivity contribution in [3.8, 4) is 0 Å². The predicted octanol–water partition coefficient (Wildman–Crippen LogP) is 1.30. The number of rotatable bonds is 3. The van der Waals surface area contributed by atoms with Gasteiger partial charge in [0, 0.05) is 32.2 Å². The van der Waals surface area contributed by atoms with Gasteiger partial charge >= 0.3 is 0 Å². The molecular formula is C19H27N3O3S. The Labute approximate surface area is 157 Å². The monoisotopic (exact) mass is 377 g/mol. The average molecular weight is 378 g/mol. The Hall–Kier alpha value is -1.25. The van der Waals surface area contributed by atoms with Crippen LogP contribution in [-0.4, -0.2) is 75.7 Å². The zero-order valence-corrected chi connectivity index (χ0v) is 15.8. The fourth-order valence-electron chi connectivity index (χ4n) is 4.20. The average Bonchev–Trinajstić information content (AvgIpc) is 3.09. The lowest BCUT2D eigenvalue weighted by Crippen LogP contribution is -2.61. The van der Waals surface area contributed by atoms with Crippen LogP contribution < -0.4 is 4.90 Å². The van der Waals surface area contributed by atoms with Gasteiger partial charge in [-0.2, -0.15) is 0 Å². The van der Waals surface area contributed by atoms with E-state index in [9.17, 15) is 15.3 Å². The third kappa shape index (κ3) is 3.46. The molecule has 0 bridgehead atoms. The smallest absolute Gasteiger partial charge is 0.186 e. The van der Waals surface area contributed by atoms with Gasteiger partial charge in [0.25, 0.3) is 0 Å². The molecule has 0 saturated carbocycles. The molecule has 1 aromatic heterocycles.